The fourth-order valence-electron chi connectivity index (χ4n) is 9.39. The molecule has 31 nitrogen and oxygen atoms in total. The number of nitrogens with zero attached hydrogens (tertiary/aromatic N) is 3. The highest BCUT2D eigenvalue weighted by atomic mass is 16.5. The monoisotopic (exact) mass is 1140 g/mol. The molecule has 80 heavy (non-hydrogen) atoms. The number of aliphatic hydroxyl groups is 6. The zero-order valence-electron chi connectivity index (χ0n) is 45.4. The third-order valence-corrected chi connectivity index (χ3v) is 13.8. The normalized spacial score (nSPS) is 28.5. The Kier molecular flexibility index (Phi) is 27.4. The Morgan fingerprint density at radius 2 is 1.12 bits per heavy atom. The molecule has 0 aromatic rings. The number of nitrogens with two attached hydrogens (primary N) is 2. The summed E-state index contributed by atoms with van der Waals surface area (Å²) in [5.74, 6) is -15.8. The van der Waals surface area contributed by atoms with Crippen LogP contribution in [0.15, 0.2) is 4.99 Å². The van der Waals surface area contributed by atoms with Crippen molar-refractivity contribution in [2.75, 3.05) is 26.2 Å². The summed E-state index contributed by atoms with van der Waals surface area (Å²) in [6, 6.07) is -16.2. The minimum absolute atomic E-state index is 0.0749. The summed E-state index contributed by atoms with van der Waals surface area (Å²) >= 11 is 0. The molecule has 3 fully saturated rings. The number of aliphatic imine (C=N–C) groups is 1. The molecule has 0 saturated carbocycles. The molecule has 8 amide bonds. The van der Waals surface area contributed by atoms with Crippen molar-refractivity contribution >= 4 is 71.1 Å². The topological polar surface area (TPSA) is 502 Å². The third kappa shape index (κ3) is 20.1. The van der Waals surface area contributed by atoms with Crippen LogP contribution in [0.5, 0.6) is 0 Å². The lowest BCUT2D eigenvalue weighted by atomic mass is 10.0. The number of carbonyl (C=O) groups is 11. The van der Waals surface area contributed by atoms with Gasteiger partial charge in [0.2, 0.25) is 47.3 Å². The molecule has 3 aliphatic heterocycles. The highest BCUT2D eigenvalue weighted by Gasteiger charge is 2.48. The molecule has 0 aromatic heterocycles. The number of aliphatic hydroxyl groups excluding tert-OH is 6. The highest BCUT2D eigenvalue weighted by Crippen LogP contribution is 2.23. The van der Waals surface area contributed by atoms with E-state index in [1.165, 1.54) is 6.92 Å². The highest BCUT2D eigenvalue weighted by molar-refractivity contribution is 6.00. The molecule has 0 aliphatic carbocycles. The second kappa shape index (κ2) is 32.5. The van der Waals surface area contributed by atoms with Gasteiger partial charge in [0.1, 0.15) is 48.4 Å². The molecule has 0 aromatic carbocycles. The number of amides is 8. The van der Waals surface area contributed by atoms with E-state index in [0.29, 0.717) is 23.7 Å². The van der Waals surface area contributed by atoms with Crippen molar-refractivity contribution in [1.82, 2.24) is 41.7 Å². The first-order valence-electron chi connectivity index (χ1n) is 26.8. The summed E-state index contributed by atoms with van der Waals surface area (Å²) in [4.78, 5) is 155. The number of carboxylic acids is 2. The van der Waals surface area contributed by atoms with E-state index in [1.54, 1.807) is 0 Å². The van der Waals surface area contributed by atoms with Crippen LogP contribution >= 0.6 is 0 Å². The van der Waals surface area contributed by atoms with Crippen LogP contribution in [-0.2, 0) is 57.5 Å². The molecule has 3 heterocycles. The SMILES string of the molecule is CC(C)CCCCCCCCCC1CC(=O)N[C@H]([C@@H](C)O)C(=O)N[C@H](C)C(=O)N2CC[C@@H](O)[C@H]2C(=O)N[C@@H](CCCN=C(N)N)C(=O)N[C@H]([C@@H](O)C(=O)O)C(=O)N[C@H](CO)C(=O)N2CC[C@@H](O)[C@H]2C(=O)N[C@@H]([C@H](O)C(=O)O)C(=O)O1. The fourth-order valence-corrected chi connectivity index (χ4v) is 9.39. The number of hydrogen-bond donors (Lipinski definition) is 16. The number of ether oxygens (including phenoxy) is 1. The van der Waals surface area contributed by atoms with E-state index in [9.17, 15) is 93.6 Å². The zero-order valence-corrected chi connectivity index (χ0v) is 45.4. The van der Waals surface area contributed by atoms with Crippen molar-refractivity contribution < 1.29 is 98.3 Å². The van der Waals surface area contributed by atoms with Crippen molar-refractivity contribution in [1.29, 1.82) is 0 Å². The Balaban J connectivity index is 2.14. The summed E-state index contributed by atoms with van der Waals surface area (Å²) < 4.78 is 5.59. The smallest absolute Gasteiger partial charge is 0.335 e. The number of carboxylic acid groups (broad SMARTS) is 2. The summed E-state index contributed by atoms with van der Waals surface area (Å²) in [6.07, 6.45) is -7.48. The molecule has 0 spiro atoms. The Bertz CT molecular complexity index is 2220. The second-order valence-electron chi connectivity index (χ2n) is 20.7. The first-order valence-corrected chi connectivity index (χ1v) is 26.8. The van der Waals surface area contributed by atoms with Crippen LogP contribution in [0.25, 0.3) is 0 Å². The van der Waals surface area contributed by atoms with E-state index in [-0.39, 0.29) is 44.7 Å². The number of hydrogen-bond acceptors (Lipinski definition) is 19. The van der Waals surface area contributed by atoms with E-state index < -0.39 is 176 Å². The Hall–Kier alpha value is -6.80. The standard InChI is InChI=1S/C49H81N11O20/c1-23(2)13-10-8-6-5-7-9-11-14-26-21-31(65)56-32(25(4)62)40(69)53-24(3)44(73)59-19-16-29(63)35(59)42(71)54-27(15-12-18-52-49(50)51)39(68)57-33(37(66)46(75)76)41(70)55-28(22-61)45(74)60-20-17-30(64)36(60)43(72)58-34(48(79)80-26)38(67)47(77)78/h23-30,32-38,61-64,66-67H,5-22H2,1-4H3,(H,53,69)(H,54,71)(H,55,70)(H,56,65)(H,57,68)(H,58,72)(H,75,76)(H,77,78)(H4,50,51,52)/t24-,25-,26?,27+,28-,29-,30-,32-,33-,34+,35+,36+,37-,38+/m1/s1. The van der Waals surface area contributed by atoms with Crippen LogP contribution in [-0.4, -0.2) is 233 Å². The number of carbonyl (C=O) groups excluding carboxylic acids is 9. The van der Waals surface area contributed by atoms with E-state index in [0.717, 1.165) is 50.3 Å². The molecular weight excluding hydrogens is 1060 g/mol. The van der Waals surface area contributed by atoms with Gasteiger partial charge in [0.25, 0.3) is 0 Å². The van der Waals surface area contributed by atoms with Gasteiger partial charge in [-0.2, -0.15) is 0 Å². The van der Waals surface area contributed by atoms with Gasteiger partial charge in [-0.1, -0.05) is 58.8 Å². The van der Waals surface area contributed by atoms with Crippen molar-refractivity contribution in [2.24, 2.45) is 22.4 Å². The van der Waals surface area contributed by atoms with Gasteiger partial charge in [0, 0.05) is 19.6 Å². The molecule has 3 aliphatic rings. The van der Waals surface area contributed by atoms with Gasteiger partial charge in [-0.25, -0.2) is 14.4 Å². The lowest BCUT2D eigenvalue weighted by molar-refractivity contribution is -0.165. The third-order valence-electron chi connectivity index (χ3n) is 13.8. The number of esters is 1. The van der Waals surface area contributed by atoms with Gasteiger partial charge in [-0.05, 0) is 58.3 Å². The average Bonchev–Trinajstić information content (AvgIpc) is 3.99. The second-order valence-corrected chi connectivity index (χ2v) is 20.7. The molecule has 0 radical (unpaired) electrons. The molecule has 1 unspecified atom stereocenters. The van der Waals surface area contributed by atoms with Crippen LogP contribution in [0, 0.1) is 5.92 Å². The molecule has 18 N–H and O–H groups in total. The molecule has 3 rings (SSSR count). The molecule has 14 atom stereocenters. The van der Waals surface area contributed by atoms with Crippen LogP contribution in [0.2, 0.25) is 0 Å². The Morgan fingerprint density at radius 1 is 0.625 bits per heavy atom. The molecule has 31 heteroatoms. The van der Waals surface area contributed by atoms with Crippen LogP contribution in [0.3, 0.4) is 0 Å². The lowest BCUT2D eigenvalue weighted by Crippen LogP contribution is -2.64. The van der Waals surface area contributed by atoms with Crippen molar-refractivity contribution in [2.45, 2.75) is 203 Å². The first-order chi connectivity index (χ1) is 37.6. The van der Waals surface area contributed by atoms with E-state index in [4.69, 9.17) is 16.2 Å². The van der Waals surface area contributed by atoms with E-state index in [2.05, 4.69) is 34.8 Å². The number of guanidine groups is 1. The number of rotatable bonds is 20. The quantitative estimate of drug-likeness (QED) is 0.0233. The number of fused-ring (bicyclic) bond motifs is 2. The van der Waals surface area contributed by atoms with E-state index >= 15 is 0 Å². The predicted octanol–water partition coefficient (Wildman–Crippen LogP) is -6.36. The van der Waals surface area contributed by atoms with Crippen LogP contribution < -0.4 is 43.4 Å². The van der Waals surface area contributed by atoms with Crippen LogP contribution in [0.1, 0.15) is 118 Å². The summed E-state index contributed by atoms with van der Waals surface area (Å²) in [7, 11) is 0. The number of unbranched alkanes of at least 4 members (excludes halogenated alkanes) is 6. The number of aliphatic carboxylic acids is 2. The predicted molar refractivity (Wildman–Crippen MR) is 276 cm³/mol. The summed E-state index contributed by atoms with van der Waals surface area (Å²) in [5, 5.41) is 97.2. The van der Waals surface area contributed by atoms with Gasteiger partial charge >= 0.3 is 17.9 Å². The lowest BCUT2D eigenvalue weighted by Gasteiger charge is -2.32. The van der Waals surface area contributed by atoms with Crippen LogP contribution in [0.4, 0.5) is 0 Å². The number of cyclic esters (lactones) is 1. The maximum absolute atomic E-state index is 14.1. The largest absolute Gasteiger partial charge is 0.479 e. The average molecular weight is 1140 g/mol. The van der Waals surface area contributed by atoms with Crippen molar-refractivity contribution in [3.8, 4) is 0 Å². The van der Waals surface area contributed by atoms with Gasteiger partial charge < -0.3 is 98.8 Å². The fraction of sp³-hybridized carbons (Fsp3) is 0.755. The molecular formula is C49H81N11O20. The first kappa shape index (κ1) is 67.5. The van der Waals surface area contributed by atoms with Crippen molar-refractivity contribution in [3.63, 3.8) is 0 Å². The minimum Gasteiger partial charge on any atom is -0.479 e. The molecule has 3 saturated heterocycles. The maximum Gasteiger partial charge on any atom is 0.335 e. The Labute approximate surface area is 461 Å². The summed E-state index contributed by atoms with van der Waals surface area (Å²) in [6.45, 7) is 4.27. The van der Waals surface area contributed by atoms with Gasteiger partial charge in [0.15, 0.2) is 24.2 Å². The summed E-state index contributed by atoms with van der Waals surface area (Å²) in [5.41, 5.74) is 10.8. The van der Waals surface area contributed by atoms with Gasteiger partial charge in [-0.15, -0.1) is 0 Å². The molecule has 452 valence electrons. The van der Waals surface area contributed by atoms with E-state index in [1.807, 2.05) is 16.0 Å². The Morgan fingerprint density at radius 3 is 1.66 bits per heavy atom. The number of nitrogens with one attached hydrogen (secondary N) is 6. The zero-order chi connectivity index (χ0) is 60.1. The maximum atomic E-state index is 14.1. The molecule has 0 bridgehead atoms. The minimum atomic E-state index is -2.81. The van der Waals surface area contributed by atoms with Crippen molar-refractivity contribution in [3.05, 3.63) is 0 Å². The van der Waals surface area contributed by atoms with Gasteiger partial charge in [0.05, 0.1) is 31.3 Å². The van der Waals surface area contributed by atoms with Gasteiger partial charge in [-0.3, -0.25) is 43.3 Å².